The number of rotatable bonds is 4. The molecule has 0 heterocycles. The fraction of sp³-hybridized carbons (Fsp3) is 0.500. The van der Waals surface area contributed by atoms with Gasteiger partial charge in [0.15, 0.2) is 0 Å². The molecule has 0 aliphatic rings. The molecule has 0 saturated heterocycles. The van der Waals surface area contributed by atoms with E-state index in [1.807, 2.05) is 12.1 Å². The first kappa shape index (κ1) is 13.7. The topological polar surface area (TPSA) is 49.3 Å². The molecule has 1 rings (SSSR count). The highest BCUT2D eigenvalue weighted by atomic mass is 16.3. The van der Waals surface area contributed by atoms with Crippen LogP contribution < -0.4 is 5.32 Å². The van der Waals surface area contributed by atoms with E-state index in [9.17, 15) is 4.79 Å². The molecule has 3 heteroatoms. The molecule has 1 aromatic carbocycles. The molecular weight excluding hydrogens is 214 g/mol. The van der Waals surface area contributed by atoms with Gasteiger partial charge in [0.05, 0.1) is 6.61 Å². The van der Waals surface area contributed by atoms with Crippen LogP contribution in [-0.4, -0.2) is 17.6 Å². The van der Waals surface area contributed by atoms with Crippen molar-refractivity contribution < 1.29 is 9.90 Å². The molecule has 0 saturated carbocycles. The maximum atomic E-state index is 11.2. The molecule has 1 amide bonds. The molecule has 0 atom stereocenters. The van der Waals surface area contributed by atoms with E-state index in [2.05, 4.69) is 38.2 Å². The zero-order chi connectivity index (χ0) is 12.9. The lowest BCUT2D eigenvalue weighted by atomic mass is 9.87. The Labute approximate surface area is 103 Å². The predicted octanol–water partition coefficient (Wildman–Crippen LogP) is 1.98. The summed E-state index contributed by atoms with van der Waals surface area (Å²) < 4.78 is 0. The summed E-state index contributed by atoms with van der Waals surface area (Å²) in [5.41, 5.74) is 2.51. The van der Waals surface area contributed by atoms with Crippen LogP contribution in [-0.2, 0) is 16.8 Å². The Morgan fingerprint density at radius 3 is 2.29 bits per heavy atom. The van der Waals surface area contributed by atoms with Crippen molar-refractivity contribution in [2.45, 2.75) is 39.2 Å². The standard InChI is InChI=1S/C14H21NO2/c1-14(2,3)12-6-4-11(5-7-12)10-15-13(17)8-9-16/h4-7,16H,8-10H2,1-3H3,(H,15,17). The largest absolute Gasteiger partial charge is 0.396 e. The van der Waals surface area contributed by atoms with Crippen LogP contribution in [0.2, 0.25) is 0 Å². The zero-order valence-electron chi connectivity index (χ0n) is 10.8. The summed E-state index contributed by atoms with van der Waals surface area (Å²) in [5, 5.41) is 11.4. The van der Waals surface area contributed by atoms with Gasteiger partial charge in [-0.1, -0.05) is 45.0 Å². The van der Waals surface area contributed by atoms with Crippen molar-refractivity contribution in [3.05, 3.63) is 35.4 Å². The van der Waals surface area contributed by atoms with E-state index in [-0.39, 0.29) is 24.3 Å². The van der Waals surface area contributed by atoms with Crippen LogP contribution >= 0.6 is 0 Å². The Bertz CT molecular complexity index is 363. The van der Waals surface area contributed by atoms with Gasteiger partial charge in [-0.3, -0.25) is 4.79 Å². The Morgan fingerprint density at radius 2 is 1.82 bits per heavy atom. The lowest BCUT2D eigenvalue weighted by Gasteiger charge is -2.19. The van der Waals surface area contributed by atoms with Gasteiger partial charge < -0.3 is 10.4 Å². The van der Waals surface area contributed by atoms with Crippen molar-refractivity contribution in [1.82, 2.24) is 5.32 Å². The minimum Gasteiger partial charge on any atom is -0.396 e. The minimum absolute atomic E-state index is 0.102. The third-order valence-electron chi connectivity index (χ3n) is 2.65. The fourth-order valence-corrected chi connectivity index (χ4v) is 1.51. The monoisotopic (exact) mass is 235 g/mol. The smallest absolute Gasteiger partial charge is 0.222 e. The highest BCUT2D eigenvalue weighted by Gasteiger charge is 2.12. The normalized spacial score (nSPS) is 11.3. The van der Waals surface area contributed by atoms with Crippen molar-refractivity contribution >= 4 is 5.91 Å². The Balaban J connectivity index is 2.54. The maximum Gasteiger partial charge on any atom is 0.222 e. The summed E-state index contributed by atoms with van der Waals surface area (Å²) in [6, 6.07) is 8.24. The molecule has 3 nitrogen and oxygen atoms in total. The van der Waals surface area contributed by atoms with Crippen LogP contribution in [0.15, 0.2) is 24.3 Å². The number of hydrogen-bond donors (Lipinski definition) is 2. The number of aliphatic hydroxyl groups excluding tert-OH is 1. The Morgan fingerprint density at radius 1 is 1.24 bits per heavy atom. The first-order valence-electron chi connectivity index (χ1n) is 5.90. The number of amides is 1. The molecule has 1 aromatic rings. The van der Waals surface area contributed by atoms with Gasteiger partial charge in [-0.25, -0.2) is 0 Å². The molecule has 0 aromatic heterocycles. The lowest BCUT2D eigenvalue weighted by Crippen LogP contribution is -2.23. The lowest BCUT2D eigenvalue weighted by molar-refractivity contribution is -0.121. The average molecular weight is 235 g/mol. The van der Waals surface area contributed by atoms with E-state index < -0.39 is 0 Å². The fourth-order valence-electron chi connectivity index (χ4n) is 1.51. The number of benzene rings is 1. The molecule has 0 spiro atoms. The molecule has 0 radical (unpaired) electrons. The Hall–Kier alpha value is -1.35. The van der Waals surface area contributed by atoms with E-state index >= 15 is 0 Å². The highest BCUT2D eigenvalue weighted by molar-refractivity contribution is 5.75. The first-order chi connectivity index (χ1) is 7.93. The molecule has 0 fully saturated rings. The molecule has 0 unspecified atom stereocenters. The average Bonchev–Trinajstić information content (AvgIpc) is 2.26. The van der Waals surface area contributed by atoms with Crippen LogP contribution in [0, 0.1) is 0 Å². The minimum atomic E-state index is -0.118. The summed E-state index contributed by atoms with van der Waals surface area (Å²) in [6.45, 7) is 6.93. The van der Waals surface area contributed by atoms with E-state index in [1.165, 1.54) is 5.56 Å². The van der Waals surface area contributed by atoms with Gasteiger partial charge in [-0.15, -0.1) is 0 Å². The second-order valence-electron chi connectivity index (χ2n) is 5.20. The van der Waals surface area contributed by atoms with E-state index in [1.54, 1.807) is 0 Å². The van der Waals surface area contributed by atoms with Crippen molar-refractivity contribution in [1.29, 1.82) is 0 Å². The molecule has 17 heavy (non-hydrogen) atoms. The van der Waals surface area contributed by atoms with Gasteiger partial charge in [0, 0.05) is 13.0 Å². The first-order valence-corrected chi connectivity index (χ1v) is 5.90. The van der Waals surface area contributed by atoms with Crippen LogP contribution in [0.4, 0.5) is 0 Å². The quantitative estimate of drug-likeness (QED) is 0.838. The summed E-state index contributed by atoms with van der Waals surface area (Å²) in [6.07, 6.45) is 0.167. The summed E-state index contributed by atoms with van der Waals surface area (Å²) in [4.78, 5) is 11.2. The number of aliphatic hydroxyl groups is 1. The van der Waals surface area contributed by atoms with Crippen molar-refractivity contribution in [2.75, 3.05) is 6.61 Å². The summed E-state index contributed by atoms with van der Waals surface area (Å²) >= 11 is 0. The molecule has 0 aliphatic heterocycles. The van der Waals surface area contributed by atoms with Gasteiger partial charge in [-0.2, -0.15) is 0 Å². The number of hydrogen-bond acceptors (Lipinski definition) is 2. The van der Waals surface area contributed by atoms with Crippen molar-refractivity contribution in [3.63, 3.8) is 0 Å². The van der Waals surface area contributed by atoms with Crippen LogP contribution in [0.3, 0.4) is 0 Å². The SMILES string of the molecule is CC(C)(C)c1ccc(CNC(=O)CCO)cc1. The van der Waals surface area contributed by atoms with E-state index in [0.717, 1.165) is 5.56 Å². The zero-order valence-corrected chi connectivity index (χ0v) is 10.8. The number of carbonyl (C=O) groups excluding carboxylic acids is 1. The van der Waals surface area contributed by atoms with Crippen LogP contribution in [0.25, 0.3) is 0 Å². The maximum absolute atomic E-state index is 11.2. The van der Waals surface area contributed by atoms with Gasteiger partial charge >= 0.3 is 0 Å². The van der Waals surface area contributed by atoms with E-state index in [0.29, 0.717) is 6.54 Å². The second kappa shape index (κ2) is 5.82. The van der Waals surface area contributed by atoms with Gasteiger partial charge in [-0.05, 0) is 16.5 Å². The van der Waals surface area contributed by atoms with Gasteiger partial charge in [0.25, 0.3) is 0 Å². The van der Waals surface area contributed by atoms with Crippen LogP contribution in [0.1, 0.15) is 38.3 Å². The summed E-state index contributed by atoms with van der Waals surface area (Å²) in [5.74, 6) is -0.118. The van der Waals surface area contributed by atoms with Gasteiger partial charge in [0.2, 0.25) is 5.91 Å². The Kier molecular flexibility index (Phi) is 4.70. The number of nitrogens with one attached hydrogen (secondary N) is 1. The van der Waals surface area contributed by atoms with Gasteiger partial charge in [0.1, 0.15) is 0 Å². The van der Waals surface area contributed by atoms with Crippen LogP contribution in [0.5, 0.6) is 0 Å². The third-order valence-corrected chi connectivity index (χ3v) is 2.65. The van der Waals surface area contributed by atoms with E-state index in [4.69, 9.17) is 5.11 Å². The highest BCUT2D eigenvalue weighted by Crippen LogP contribution is 2.22. The molecule has 0 aliphatic carbocycles. The number of carbonyl (C=O) groups is 1. The molecular formula is C14H21NO2. The summed E-state index contributed by atoms with van der Waals surface area (Å²) in [7, 11) is 0. The third kappa shape index (κ3) is 4.57. The molecule has 0 bridgehead atoms. The van der Waals surface area contributed by atoms with Crippen molar-refractivity contribution in [2.24, 2.45) is 0 Å². The van der Waals surface area contributed by atoms with Crippen molar-refractivity contribution in [3.8, 4) is 0 Å². The predicted molar refractivity (Wildman–Crippen MR) is 68.7 cm³/mol. The second-order valence-corrected chi connectivity index (χ2v) is 5.20. The molecule has 94 valence electrons. The molecule has 2 N–H and O–H groups in total.